The Morgan fingerprint density at radius 3 is 1.93 bits per heavy atom. The van der Waals surface area contributed by atoms with E-state index in [-0.39, 0.29) is 0 Å². The maximum absolute atomic E-state index is 9.20. The molecule has 4 aliphatic carbocycles. The molecule has 0 heterocycles. The van der Waals surface area contributed by atoms with Gasteiger partial charge in [0.05, 0.1) is 6.07 Å². The van der Waals surface area contributed by atoms with Crippen molar-refractivity contribution in [2.75, 3.05) is 0 Å². The first-order chi connectivity index (χ1) is 7.10. The summed E-state index contributed by atoms with van der Waals surface area (Å²) in [6, 6.07) is 2.33. The number of halogens is 1. The Morgan fingerprint density at radius 2 is 1.53 bits per heavy atom. The van der Waals surface area contributed by atoms with E-state index in [0.717, 1.165) is 23.7 Å². The van der Waals surface area contributed by atoms with E-state index in [9.17, 15) is 5.26 Å². The molecule has 1 unspecified atom stereocenters. The summed E-state index contributed by atoms with van der Waals surface area (Å²) in [5.41, 5.74) is 0. The van der Waals surface area contributed by atoms with Crippen molar-refractivity contribution in [1.29, 1.82) is 5.26 Å². The summed E-state index contributed by atoms with van der Waals surface area (Å²) < 4.78 is 0. The zero-order valence-electron chi connectivity index (χ0n) is 9.25. The molecule has 15 heavy (non-hydrogen) atoms. The van der Waals surface area contributed by atoms with Crippen LogP contribution in [0.5, 0.6) is 0 Å². The lowest BCUT2D eigenvalue weighted by atomic mass is 9.50. The van der Waals surface area contributed by atoms with Crippen LogP contribution in [0.25, 0.3) is 0 Å². The first-order valence-electron chi connectivity index (χ1n) is 6.20. The molecule has 1 nitrogen and oxygen atoms in total. The maximum atomic E-state index is 9.20. The minimum absolute atomic E-state index is 0.469. The fourth-order valence-corrected chi connectivity index (χ4v) is 5.24. The molecule has 0 saturated heterocycles. The Labute approximate surface area is 96.8 Å². The highest BCUT2D eigenvalue weighted by molar-refractivity contribution is 6.25. The average molecular weight is 224 g/mol. The van der Waals surface area contributed by atoms with Crippen LogP contribution in [0.2, 0.25) is 0 Å². The number of nitriles is 1. The molecule has 1 atom stereocenters. The van der Waals surface area contributed by atoms with E-state index in [1.807, 2.05) is 6.92 Å². The van der Waals surface area contributed by atoms with Crippen molar-refractivity contribution in [1.82, 2.24) is 0 Å². The normalized spacial score (nSPS) is 51.1. The molecular formula is C13H18ClN. The van der Waals surface area contributed by atoms with E-state index in [0.29, 0.717) is 5.92 Å². The fraction of sp³-hybridized carbons (Fsp3) is 0.923. The van der Waals surface area contributed by atoms with Gasteiger partial charge in [0.15, 0.2) is 0 Å². The van der Waals surface area contributed by atoms with Crippen molar-refractivity contribution in [3.63, 3.8) is 0 Å². The molecule has 0 spiro atoms. The second-order valence-corrected chi connectivity index (χ2v) is 6.93. The van der Waals surface area contributed by atoms with Crippen LogP contribution in [0.15, 0.2) is 0 Å². The van der Waals surface area contributed by atoms with E-state index in [4.69, 9.17) is 11.6 Å². The largest absolute Gasteiger partial charge is 0.196 e. The molecule has 4 aliphatic rings. The van der Waals surface area contributed by atoms with Gasteiger partial charge in [-0.25, -0.2) is 0 Å². The van der Waals surface area contributed by atoms with Gasteiger partial charge in [-0.2, -0.15) is 5.26 Å². The molecule has 82 valence electrons. The standard InChI is InChI=1S/C13H18ClN/c1-13(14,7-15)12-10-3-8-2-9(5-10)6-11(12)4-8/h8-12H,2-6H2,1H3. The monoisotopic (exact) mass is 223 g/mol. The van der Waals surface area contributed by atoms with Crippen molar-refractivity contribution < 1.29 is 0 Å². The van der Waals surface area contributed by atoms with Gasteiger partial charge in [-0.1, -0.05) is 0 Å². The number of hydrogen-bond donors (Lipinski definition) is 0. The van der Waals surface area contributed by atoms with Crippen LogP contribution in [-0.4, -0.2) is 4.87 Å². The summed E-state index contributed by atoms with van der Waals surface area (Å²) in [6.07, 6.45) is 6.86. The van der Waals surface area contributed by atoms with Crippen LogP contribution in [0.4, 0.5) is 0 Å². The van der Waals surface area contributed by atoms with E-state index < -0.39 is 4.87 Å². The number of alkyl halides is 1. The number of rotatable bonds is 1. The van der Waals surface area contributed by atoms with Gasteiger partial charge < -0.3 is 0 Å². The molecule has 4 fully saturated rings. The van der Waals surface area contributed by atoms with Gasteiger partial charge in [0.2, 0.25) is 0 Å². The maximum Gasteiger partial charge on any atom is 0.131 e. The Kier molecular flexibility index (Phi) is 2.09. The van der Waals surface area contributed by atoms with E-state index in [1.54, 1.807) is 0 Å². The summed E-state index contributed by atoms with van der Waals surface area (Å²) in [6.45, 7) is 1.93. The summed E-state index contributed by atoms with van der Waals surface area (Å²) >= 11 is 6.40. The lowest BCUT2D eigenvalue weighted by Crippen LogP contribution is -2.51. The summed E-state index contributed by atoms with van der Waals surface area (Å²) in [4.78, 5) is -0.609. The molecule has 0 aliphatic heterocycles. The van der Waals surface area contributed by atoms with Gasteiger partial charge >= 0.3 is 0 Å². The van der Waals surface area contributed by atoms with Crippen molar-refractivity contribution >= 4 is 11.6 Å². The van der Waals surface area contributed by atoms with E-state index >= 15 is 0 Å². The SMILES string of the molecule is CC(Cl)(C#N)C1C2CC3CC(C2)CC1C3. The van der Waals surface area contributed by atoms with Crippen LogP contribution in [0.3, 0.4) is 0 Å². The molecule has 4 rings (SSSR count). The third kappa shape index (κ3) is 1.41. The van der Waals surface area contributed by atoms with Gasteiger partial charge in [0, 0.05) is 0 Å². The topological polar surface area (TPSA) is 23.8 Å². The van der Waals surface area contributed by atoms with Crippen molar-refractivity contribution in [2.45, 2.75) is 43.9 Å². The zero-order valence-corrected chi connectivity index (χ0v) is 10.0. The number of hydrogen-bond acceptors (Lipinski definition) is 1. The molecule has 0 aromatic heterocycles. The molecule has 2 heteroatoms. The highest BCUT2D eigenvalue weighted by Gasteiger charge is 2.53. The predicted molar refractivity (Wildman–Crippen MR) is 60.4 cm³/mol. The zero-order chi connectivity index (χ0) is 10.6. The van der Waals surface area contributed by atoms with Gasteiger partial charge in [-0.15, -0.1) is 11.6 Å². The quantitative estimate of drug-likeness (QED) is 0.624. The van der Waals surface area contributed by atoms with Crippen molar-refractivity contribution in [3.05, 3.63) is 0 Å². The van der Waals surface area contributed by atoms with Crippen LogP contribution in [-0.2, 0) is 0 Å². The van der Waals surface area contributed by atoms with Gasteiger partial charge in [0.25, 0.3) is 0 Å². The highest BCUT2D eigenvalue weighted by atomic mass is 35.5. The first-order valence-corrected chi connectivity index (χ1v) is 6.58. The lowest BCUT2D eigenvalue weighted by Gasteiger charge is -2.56. The summed E-state index contributed by atoms with van der Waals surface area (Å²) in [5, 5.41) is 9.20. The minimum Gasteiger partial charge on any atom is -0.196 e. The molecule has 4 bridgehead atoms. The van der Waals surface area contributed by atoms with Gasteiger partial charge in [0.1, 0.15) is 4.87 Å². The minimum atomic E-state index is -0.609. The summed E-state index contributed by atoms with van der Waals surface area (Å²) in [7, 11) is 0. The summed E-state index contributed by atoms with van der Waals surface area (Å²) in [5.74, 6) is 3.91. The molecular weight excluding hydrogens is 206 g/mol. The van der Waals surface area contributed by atoms with Crippen LogP contribution in [0.1, 0.15) is 39.0 Å². The second-order valence-electron chi connectivity index (χ2n) is 6.14. The van der Waals surface area contributed by atoms with Crippen LogP contribution in [0, 0.1) is 40.9 Å². The Morgan fingerprint density at radius 1 is 1.07 bits per heavy atom. The lowest BCUT2D eigenvalue weighted by molar-refractivity contribution is -0.0443. The third-order valence-corrected chi connectivity index (χ3v) is 5.41. The average Bonchev–Trinajstić information content (AvgIpc) is 2.15. The second kappa shape index (κ2) is 3.14. The van der Waals surface area contributed by atoms with Gasteiger partial charge in [-0.3, -0.25) is 0 Å². The van der Waals surface area contributed by atoms with Crippen molar-refractivity contribution in [2.24, 2.45) is 29.6 Å². The van der Waals surface area contributed by atoms with E-state index in [1.165, 1.54) is 32.1 Å². The van der Waals surface area contributed by atoms with Crippen molar-refractivity contribution in [3.8, 4) is 6.07 Å². The molecule has 0 aromatic rings. The molecule has 0 amide bonds. The Balaban J connectivity index is 1.90. The fourth-order valence-electron chi connectivity index (χ4n) is 4.88. The molecule has 0 aromatic carbocycles. The molecule has 4 saturated carbocycles. The number of nitrogens with zero attached hydrogens (tertiary/aromatic N) is 1. The van der Waals surface area contributed by atoms with E-state index in [2.05, 4.69) is 6.07 Å². The first kappa shape index (κ1) is 9.97. The third-order valence-electron chi connectivity index (χ3n) is 5.07. The predicted octanol–water partition coefficient (Wildman–Crippen LogP) is 3.58. The smallest absolute Gasteiger partial charge is 0.131 e. The van der Waals surface area contributed by atoms with Crippen LogP contribution >= 0.6 is 11.6 Å². The van der Waals surface area contributed by atoms with Crippen LogP contribution < -0.4 is 0 Å². The molecule has 0 N–H and O–H groups in total. The highest BCUT2D eigenvalue weighted by Crippen LogP contribution is 2.59. The Hall–Kier alpha value is -0.220. The van der Waals surface area contributed by atoms with Gasteiger partial charge in [-0.05, 0) is 68.6 Å². The Bertz CT molecular complexity index is 287. The molecule has 0 radical (unpaired) electrons.